The van der Waals surface area contributed by atoms with Crippen LogP contribution in [0.2, 0.25) is 0 Å². The Hall–Kier alpha value is 0.650. The van der Waals surface area contributed by atoms with E-state index in [4.69, 9.17) is 5.11 Å². The number of hydrogen-bond donors (Lipinski definition) is 2. The van der Waals surface area contributed by atoms with Crippen molar-refractivity contribution < 1.29 is 5.11 Å². The second kappa shape index (κ2) is 5.32. The Kier molecular flexibility index (Phi) is 4.71. The fraction of sp³-hybridized carbons (Fsp3) is 1.00. The maximum absolute atomic E-state index is 8.91. The van der Waals surface area contributed by atoms with Gasteiger partial charge in [-0.15, -0.1) is 0 Å². The molecule has 0 saturated carbocycles. The fourth-order valence-electron chi connectivity index (χ4n) is 1.65. The van der Waals surface area contributed by atoms with Gasteiger partial charge in [-0.2, -0.15) is 0 Å². The van der Waals surface area contributed by atoms with Gasteiger partial charge in [-0.1, -0.05) is 22.6 Å². The minimum atomic E-state index is 0.303. The van der Waals surface area contributed by atoms with Gasteiger partial charge in [0, 0.05) is 6.04 Å². The number of hydrogen-bond acceptors (Lipinski definition) is 2. The predicted molar refractivity (Wildman–Crippen MR) is 55.1 cm³/mol. The largest absolute Gasteiger partial charge is 0.395 e. The summed E-state index contributed by atoms with van der Waals surface area (Å²) in [6.45, 7) is 1.39. The fourth-order valence-corrected chi connectivity index (χ4v) is 2.53. The molecular weight excluding hydrogens is 253 g/mol. The quantitative estimate of drug-likeness (QED) is 0.595. The minimum Gasteiger partial charge on any atom is -0.395 e. The molecule has 2 unspecified atom stereocenters. The van der Waals surface area contributed by atoms with Crippen molar-refractivity contribution in [2.45, 2.75) is 25.3 Å². The number of nitrogens with one attached hydrogen (secondary N) is 1. The van der Waals surface area contributed by atoms with Gasteiger partial charge in [0.15, 0.2) is 0 Å². The Morgan fingerprint density at radius 3 is 3.00 bits per heavy atom. The van der Waals surface area contributed by atoms with Crippen LogP contribution in [-0.2, 0) is 0 Å². The van der Waals surface area contributed by atoms with Crippen molar-refractivity contribution in [2.24, 2.45) is 5.92 Å². The first kappa shape index (κ1) is 9.74. The lowest BCUT2D eigenvalue weighted by Crippen LogP contribution is -2.40. The van der Waals surface area contributed by atoms with E-state index in [9.17, 15) is 0 Å². The van der Waals surface area contributed by atoms with Crippen LogP contribution in [0.5, 0.6) is 0 Å². The first-order valence-corrected chi connectivity index (χ1v) is 5.79. The molecular formula is C8H16INO. The summed E-state index contributed by atoms with van der Waals surface area (Å²) in [5.41, 5.74) is 0. The predicted octanol–water partition coefficient (Wildman–Crippen LogP) is 1.17. The summed E-state index contributed by atoms with van der Waals surface area (Å²) in [4.78, 5) is 0. The third-order valence-electron chi connectivity index (χ3n) is 2.34. The highest BCUT2D eigenvalue weighted by Crippen LogP contribution is 2.20. The van der Waals surface area contributed by atoms with Gasteiger partial charge >= 0.3 is 0 Å². The van der Waals surface area contributed by atoms with Crippen molar-refractivity contribution in [3.05, 3.63) is 0 Å². The van der Waals surface area contributed by atoms with Gasteiger partial charge in [0.2, 0.25) is 0 Å². The molecule has 66 valence electrons. The van der Waals surface area contributed by atoms with E-state index in [1.165, 1.54) is 23.7 Å². The van der Waals surface area contributed by atoms with Crippen LogP contribution >= 0.6 is 22.6 Å². The lowest BCUT2D eigenvalue weighted by atomic mass is 9.91. The SMILES string of the molecule is OCC1CC(CCI)CCN1. The van der Waals surface area contributed by atoms with E-state index >= 15 is 0 Å². The molecule has 2 atom stereocenters. The monoisotopic (exact) mass is 269 g/mol. The molecule has 1 rings (SSSR count). The van der Waals surface area contributed by atoms with Crippen molar-refractivity contribution in [1.29, 1.82) is 0 Å². The summed E-state index contributed by atoms with van der Waals surface area (Å²) in [5.74, 6) is 0.852. The maximum Gasteiger partial charge on any atom is 0.0584 e. The van der Waals surface area contributed by atoms with E-state index in [0.29, 0.717) is 12.6 Å². The number of halogens is 1. The van der Waals surface area contributed by atoms with Crippen LogP contribution in [0.4, 0.5) is 0 Å². The molecule has 0 amide bonds. The highest BCUT2D eigenvalue weighted by atomic mass is 127. The van der Waals surface area contributed by atoms with Crippen LogP contribution in [0.1, 0.15) is 19.3 Å². The summed E-state index contributed by atoms with van der Waals surface area (Å²) in [5, 5.41) is 12.2. The van der Waals surface area contributed by atoms with Crippen LogP contribution in [0.15, 0.2) is 0 Å². The second-order valence-electron chi connectivity index (χ2n) is 3.20. The Morgan fingerprint density at radius 1 is 1.55 bits per heavy atom. The van der Waals surface area contributed by atoms with Gasteiger partial charge < -0.3 is 10.4 Å². The molecule has 0 spiro atoms. The molecule has 1 aliphatic heterocycles. The van der Waals surface area contributed by atoms with Gasteiger partial charge in [0.05, 0.1) is 6.61 Å². The summed E-state index contributed by atoms with van der Waals surface area (Å²) in [7, 11) is 0. The Morgan fingerprint density at radius 2 is 2.36 bits per heavy atom. The molecule has 0 aromatic rings. The van der Waals surface area contributed by atoms with Crippen LogP contribution < -0.4 is 5.32 Å². The lowest BCUT2D eigenvalue weighted by Gasteiger charge is -2.28. The maximum atomic E-state index is 8.91. The number of aliphatic hydroxyl groups is 1. The van der Waals surface area contributed by atoms with E-state index in [0.717, 1.165) is 12.5 Å². The zero-order chi connectivity index (χ0) is 8.10. The van der Waals surface area contributed by atoms with Crippen LogP contribution in [-0.4, -0.2) is 28.7 Å². The molecule has 1 aliphatic rings. The van der Waals surface area contributed by atoms with Gasteiger partial charge in [-0.3, -0.25) is 0 Å². The smallest absolute Gasteiger partial charge is 0.0584 e. The first-order valence-electron chi connectivity index (χ1n) is 4.27. The molecule has 2 nitrogen and oxygen atoms in total. The van der Waals surface area contributed by atoms with Gasteiger partial charge in [-0.25, -0.2) is 0 Å². The van der Waals surface area contributed by atoms with Crippen LogP contribution in [0.25, 0.3) is 0 Å². The molecule has 2 N–H and O–H groups in total. The number of rotatable bonds is 3. The highest BCUT2D eigenvalue weighted by Gasteiger charge is 2.19. The molecule has 0 bridgehead atoms. The average Bonchev–Trinajstić information content (AvgIpc) is 2.06. The van der Waals surface area contributed by atoms with Crippen molar-refractivity contribution in [3.8, 4) is 0 Å². The van der Waals surface area contributed by atoms with Crippen molar-refractivity contribution in [2.75, 3.05) is 17.6 Å². The molecule has 1 fully saturated rings. The molecule has 3 heteroatoms. The van der Waals surface area contributed by atoms with Crippen molar-refractivity contribution >= 4 is 22.6 Å². The molecule has 11 heavy (non-hydrogen) atoms. The molecule has 0 aromatic heterocycles. The number of aliphatic hydroxyl groups excluding tert-OH is 1. The number of alkyl halides is 1. The van der Waals surface area contributed by atoms with E-state index < -0.39 is 0 Å². The highest BCUT2D eigenvalue weighted by molar-refractivity contribution is 14.1. The van der Waals surface area contributed by atoms with E-state index in [2.05, 4.69) is 27.9 Å². The molecule has 1 saturated heterocycles. The second-order valence-corrected chi connectivity index (χ2v) is 4.28. The molecule has 1 heterocycles. The van der Waals surface area contributed by atoms with Crippen LogP contribution in [0, 0.1) is 5.92 Å². The summed E-state index contributed by atoms with van der Waals surface area (Å²) >= 11 is 2.43. The van der Waals surface area contributed by atoms with Gasteiger partial charge in [0.25, 0.3) is 0 Å². The molecule has 0 aliphatic carbocycles. The average molecular weight is 269 g/mol. The zero-order valence-electron chi connectivity index (χ0n) is 6.72. The lowest BCUT2D eigenvalue weighted by molar-refractivity contribution is 0.191. The molecule has 0 radical (unpaired) electrons. The minimum absolute atomic E-state index is 0.303. The normalized spacial score (nSPS) is 32.2. The topological polar surface area (TPSA) is 32.3 Å². The zero-order valence-corrected chi connectivity index (χ0v) is 8.88. The number of piperidine rings is 1. The third-order valence-corrected chi connectivity index (χ3v) is 2.96. The standard InChI is InChI=1S/C8H16INO/c9-3-1-7-2-4-10-8(5-7)6-11/h7-8,10-11H,1-6H2. The van der Waals surface area contributed by atoms with Gasteiger partial charge in [-0.05, 0) is 36.2 Å². The first-order chi connectivity index (χ1) is 5.36. The summed E-state index contributed by atoms with van der Waals surface area (Å²) < 4.78 is 1.25. The third kappa shape index (κ3) is 3.25. The van der Waals surface area contributed by atoms with E-state index in [1.54, 1.807) is 0 Å². The summed E-state index contributed by atoms with van der Waals surface area (Å²) in [6.07, 6.45) is 3.78. The van der Waals surface area contributed by atoms with Gasteiger partial charge in [0.1, 0.15) is 0 Å². The van der Waals surface area contributed by atoms with E-state index in [-0.39, 0.29) is 0 Å². The Balaban J connectivity index is 2.21. The van der Waals surface area contributed by atoms with Crippen molar-refractivity contribution in [1.82, 2.24) is 5.32 Å². The van der Waals surface area contributed by atoms with Crippen LogP contribution in [0.3, 0.4) is 0 Å². The Labute approximate surface area is 81.9 Å². The van der Waals surface area contributed by atoms with E-state index in [1.807, 2.05) is 0 Å². The molecule has 0 aromatic carbocycles. The Bertz CT molecular complexity index is 108. The summed E-state index contributed by atoms with van der Waals surface area (Å²) in [6, 6.07) is 0.372. The van der Waals surface area contributed by atoms with Crippen molar-refractivity contribution in [3.63, 3.8) is 0 Å².